The van der Waals surface area contributed by atoms with Crippen LogP contribution in [0.1, 0.15) is 12.5 Å². The summed E-state index contributed by atoms with van der Waals surface area (Å²) in [5.41, 5.74) is 0.689. The number of benzene rings is 2. The summed E-state index contributed by atoms with van der Waals surface area (Å²) in [7, 11) is 0. The minimum Gasteiger partial charge on any atom is -0.494 e. The number of carbonyl (C=O) groups is 1. The van der Waals surface area contributed by atoms with Crippen LogP contribution in [0.5, 0.6) is 5.75 Å². The third-order valence-electron chi connectivity index (χ3n) is 2.44. The summed E-state index contributed by atoms with van der Waals surface area (Å²) >= 11 is 0. The molecule has 90 valence electrons. The SMILES string of the molecule is CCOc1ccc2cc(C#CC(=O)O)ccc2c1. The van der Waals surface area contributed by atoms with Crippen molar-refractivity contribution in [3.63, 3.8) is 0 Å². The van der Waals surface area contributed by atoms with Gasteiger partial charge in [-0.3, -0.25) is 0 Å². The molecule has 1 N–H and O–H groups in total. The second kappa shape index (κ2) is 5.24. The molecule has 2 aromatic rings. The number of ether oxygens (including phenoxy) is 1. The molecule has 0 aliphatic carbocycles. The van der Waals surface area contributed by atoms with Crippen molar-refractivity contribution in [1.82, 2.24) is 0 Å². The van der Waals surface area contributed by atoms with E-state index in [1.807, 2.05) is 37.3 Å². The molecule has 18 heavy (non-hydrogen) atoms. The van der Waals surface area contributed by atoms with E-state index in [4.69, 9.17) is 9.84 Å². The van der Waals surface area contributed by atoms with Crippen molar-refractivity contribution in [3.8, 4) is 17.6 Å². The lowest BCUT2D eigenvalue weighted by Crippen LogP contribution is -1.91. The first kappa shape index (κ1) is 12.0. The van der Waals surface area contributed by atoms with Crippen LogP contribution in [0.3, 0.4) is 0 Å². The standard InChI is InChI=1S/C15H12O3/c1-2-18-14-7-6-12-9-11(4-8-15(16)17)3-5-13(12)10-14/h3,5-7,9-10H,2H2,1H3,(H,16,17). The molecular weight excluding hydrogens is 228 g/mol. The van der Waals surface area contributed by atoms with Gasteiger partial charge in [0.15, 0.2) is 0 Å². The molecule has 2 aromatic carbocycles. The average Bonchev–Trinajstić information content (AvgIpc) is 2.36. The summed E-state index contributed by atoms with van der Waals surface area (Å²) in [6.07, 6.45) is 0. The Hall–Kier alpha value is -2.47. The summed E-state index contributed by atoms with van der Waals surface area (Å²) in [6, 6.07) is 11.3. The van der Waals surface area contributed by atoms with Crippen molar-refractivity contribution >= 4 is 16.7 Å². The minimum absolute atomic E-state index is 0.633. The fourth-order valence-electron chi connectivity index (χ4n) is 1.68. The molecular formula is C15H12O3. The highest BCUT2D eigenvalue weighted by molar-refractivity contribution is 5.88. The lowest BCUT2D eigenvalue weighted by molar-refractivity contribution is -0.130. The van der Waals surface area contributed by atoms with Gasteiger partial charge in [0, 0.05) is 11.5 Å². The second-order valence-corrected chi connectivity index (χ2v) is 3.71. The Balaban J connectivity index is 2.39. The molecule has 0 atom stereocenters. The van der Waals surface area contributed by atoms with E-state index in [9.17, 15) is 4.79 Å². The van der Waals surface area contributed by atoms with Crippen LogP contribution in [0.15, 0.2) is 36.4 Å². The molecule has 0 radical (unpaired) electrons. The Bertz CT molecular complexity index is 648. The molecule has 0 fully saturated rings. The van der Waals surface area contributed by atoms with Crippen LogP contribution in [0.2, 0.25) is 0 Å². The highest BCUT2D eigenvalue weighted by Crippen LogP contribution is 2.21. The first-order valence-corrected chi connectivity index (χ1v) is 5.60. The maximum absolute atomic E-state index is 10.4. The van der Waals surface area contributed by atoms with E-state index >= 15 is 0 Å². The molecule has 0 aromatic heterocycles. The minimum atomic E-state index is -1.12. The zero-order valence-corrected chi connectivity index (χ0v) is 9.93. The summed E-state index contributed by atoms with van der Waals surface area (Å²) in [5, 5.41) is 10.5. The maximum atomic E-state index is 10.4. The highest BCUT2D eigenvalue weighted by Gasteiger charge is 1.98. The van der Waals surface area contributed by atoms with Crippen molar-refractivity contribution < 1.29 is 14.6 Å². The van der Waals surface area contributed by atoms with E-state index in [1.54, 1.807) is 6.07 Å². The number of hydrogen-bond donors (Lipinski definition) is 1. The Kier molecular flexibility index (Phi) is 3.49. The van der Waals surface area contributed by atoms with Gasteiger partial charge in [0.25, 0.3) is 0 Å². The van der Waals surface area contributed by atoms with Gasteiger partial charge in [-0.05, 0) is 42.0 Å². The van der Waals surface area contributed by atoms with Crippen molar-refractivity contribution in [2.24, 2.45) is 0 Å². The van der Waals surface area contributed by atoms with Crippen molar-refractivity contribution in [3.05, 3.63) is 42.0 Å². The fourth-order valence-corrected chi connectivity index (χ4v) is 1.68. The topological polar surface area (TPSA) is 46.5 Å². The predicted molar refractivity (Wildman–Crippen MR) is 69.6 cm³/mol. The highest BCUT2D eigenvalue weighted by atomic mass is 16.5. The molecule has 0 unspecified atom stereocenters. The molecule has 2 rings (SSSR count). The molecule has 3 nitrogen and oxygen atoms in total. The van der Waals surface area contributed by atoms with Crippen LogP contribution in [-0.4, -0.2) is 17.7 Å². The van der Waals surface area contributed by atoms with E-state index in [2.05, 4.69) is 11.8 Å². The van der Waals surface area contributed by atoms with Gasteiger partial charge in [0.05, 0.1) is 6.61 Å². The van der Waals surface area contributed by atoms with Crippen LogP contribution < -0.4 is 4.74 Å². The van der Waals surface area contributed by atoms with Gasteiger partial charge in [-0.15, -0.1) is 0 Å². The summed E-state index contributed by atoms with van der Waals surface area (Å²) in [5.74, 6) is 4.40. The number of fused-ring (bicyclic) bond motifs is 1. The average molecular weight is 240 g/mol. The van der Waals surface area contributed by atoms with E-state index in [0.29, 0.717) is 12.2 Å². The van der Waals surface area contributed by atoms with Crippen LogP contribution in [0.25, 0.3) is 10.8 Å². The molecule has 0 aliphatic rings. The normalized spacial score (nSPS) is 9.61. The van der Waals surface area contributed by atoms with Crippen LogP contribution in [0.4, 0.5) is 0 Å². The Morgan fingerprint density at radius 3 is 2.67 bits per heavy atom. The summed E-state index contributed by atoms with van der Waals surface area (Å²) < 4.78 is 5.42. The monoisotopic (exact) mass is 240 g/mol. The fraction of sp³-hybridized carbons (Fsp3) is 0.133. The first-order chi connectivity index (χ1) is 8.69. The number of carboxylic acid groups (broad SMARTS) is 1. The van der Waals surface area contributed by atoms with Crippen molar-refractivity contribution in [2.75, 3.05) is 6.61 Å². The van der Waals surface area contributed by atoms with Gasteiger partial charge in [-0.25, -0.2) is 4.79 Å². The molecule has 0 aliphatic heterocycles. The van der Waals surface area contributed by atoms with E-state index in [-0.39, 0.29) is 0 Å². The Morgan fingerprint density at radius 2 is 1.94 bits per heavy atom. The zero-order chi connectivity index (χ0) is 13.0. The number of carboxylic acids is 1. The van der Waals surface area contributed by atoms with E-state index in [1.165, 1.54) is 0 Å². The van der Waals surface area contributed by atoms with Crippen LogP contribution in [0, 0.1) is 11.8 Å². The van der Waals surface area contributed by atoms with Crippen molar-refractivity contribution in [2.45, 2.75) is 6.92 Å². The van der Waals surface area contributed by atoms with Crippen molar-refractivity contribution in [1.29, 1.82) is 0 Å². The smallest absolute Gasteiger partial charge is 0.382 e. The maximum Gasteiger partial charge on any atom is 0.382 e. The third kappa shape index (κ3) is 2.80. The second-order valence-electron chi connectivity index (χ2n) is 3.71. The quantitative estimate of drug-likeness (QED) is 0.821. The molecule has 0 spiro atoms. The van der Waals surface area contributed by atoms with Gasteiger partial charge < -0.3 is 9.84 Å². The first-order valence-electron chi connectivity index (χ1n) is 5.60. The zero-order valence-electron chi connectivity index (χ0n) is 9.93. The number of rotatable bonds is 2. The van der Waals surface area contributed by atoms with Gasteiger partial charge in [-0.1, -0.05) is 18.1 Å². The van der Waals surface area contributed by atoms with E-state index in [0.717, 1.165) is 16.5 Å². The summed E-state index contributed by atoms with van der Waals surface area (Å²) in [4.78, 5) is 10.4. The molecule has 0 bridgehead atoms. The Morgan fingerprint density at radius 1 is 1.22 bits per heavy atom. The largest absolute Gasteiger partial charge is 0.494 e. The molecule has 0 amide bonds. The van der Waals surface area contributed by atoms with Gasteiger partial charge >= 0.3 is 5.97 Å². The van der Waals surface area contributed by atoms with Crippen LogP contribution >= 0.6 is 0 Å². The third-order valence-corrected chi connectivity index (χ3v) is 2.44. The molecule has 0 saturated carbocycles. The molecule has 3 heteroatoms. The molecule has 0 saturated heterocycles. The Labute approximate surface area is 105 Å². The lowest BCUT2D eigenvalue weighted by atomic mass is 10.1. The van der Waals surface area contributed by atoms with Gasteiger partial charge in [0.1, 0.15) is 5.75 Å². The summed E-state index contributed by atoms with van der Waals surface area (Å²) in [6.45, 7) is 2.57. The van der Waals surface area contributed by atoms with Gasteiger partial charge in [-0.2, -0.15) is 0 Å². The molecule has 0 heterocycles. The predicted octanol–water partition coefficient (Wildman–Crippen LogP) is 2.67. The van der Waals surface area contributed by atoms with Gasteiger partial charge in [0.2, 0.25) is 0 Å². The van der Waals surface area contributed by atoms with Crippen LogP contribution in [-0.2, 0) is 4.79 Å². The number of hydrogen-bond acceptors (Lipinski definition) is 2. The lowest BCUT2D eigenvalue weighted by Gasteiger charge is -2.04. The van der Waals surface area contributed by atoms with E-state index < -0.39 is 5.97 Å². The number of aliphatic carboxylic acids is 1.